The van der Waals surface area contributed by atoms with E-state index in [4.69, 9.17) is 0 Å². The molecule has 2 rings (SSSR count). The summed E-state index contributed by atoms with van der Waals surface area (Å²) in [6.45, 7) is 1.61. The lowest BCUT2D eigenvalue weighted by atomic mass is 10.1. The van der Waals surface area contributed by atoms with Gasteiger partial charge in [0, 0.05) is 22.4 Å². The van der Waals surface area contributed by atoms with Crippen LogP contribution in [-0.2, 0) is 0 Å². The molecular weight excluding hydrogens is 338 g/mol. The van der Waals surface area contributed by atoms with Gasteiger partial charge in [0.05, 0.1) is 11.3 Å². The summed E-state index contributed by atoms with van der Waals surface area (Å²) in [7, 11) is 0. The number of nitrogens with zero attached hydrogens (tertiary/aromatic N) is 2. The zero-order valence-corrected chi connectivity index (χ0v) is 12.6. The van der Waals surface area contributed by atoms with Crippen molar-refractivity contribution in [3.8, 4) is 11.5 Å². The van der Waals surface area contributed by atoms with E-state index in [-0.39, 0.29) is 11.5 Å². The van der Waals surface area contributed by atoms with E-state index in [1.165, 1.54) is 24.4 Å². The Balaban J connectivity index is 2.17. The first kappa shape index (κ1) is 15.0. The van der Waals surface area contributed by atoms with Crippen molar-refractivity contribution in [3.05, 3.63) is 52.3 Å². The van der Waals surface area contributed by atoms with E-state index in [2.05, 4.69) is 31.4 Å². The second-order valence-corrected chi connectivity index (χ2v) is 5.15. The predicted molar refractivity (Wildman–Crippen MR) is 81.4 cm³/mol. The summed E-state index contributed by atoms with van der Waals surface area (Å²) in [5.41, 5.74) is 3.41. The van der Waals surface area contributed by atoms with Crippen molar-refractivity contribution in [1.29, 1.82) is 0 Å². The molecule has 1 aromatic heterocycles. The molecule has 6 nitrogen and oxygen atoms in total. The average molecular weight is 350 g/mol. The summed E-state index contributed by atoms with van der Waals surface area (Å²) in [6, 6.07) is 5.68. The number of aromatic hydroxyl groups is 2. The Kier molecular flexibility index (Phi) is 4.54. The van der Waals surface area contributed by atoms with Gasteiger partial charge in [0.25, 0.3) is 5.91 Å². The number of hydrogen-bond acceptors (Lipinski definition) is 5. The summed E-state index contributed by atoms with van der Waals surface area (Å²) < 4.78 is 0.682. The number of rotatable bonds is 3. The number of hydrogen-bond donors (Lipinski definition) is 3. The van der Waals surface area contributed by atoms with Crippen LogP contribution >= 0.6 is 15.9 Å². The van der Waals surface area contributed by atoms with Crippen molar-refractivity contribution in [2.45, 2.75) is 6.92 Å². The fourth-order valence-corrected chi connectivity index (χ4v) is 1.97. The Morgan fingerprint density at radius 2 is 2.05 bits per heavy atom. The Labute approximate surface area is 129 Å². The Hall–Kier alpha value is -2.41. The summed E-state index contributed by atoms with van der Waals surface area (Å²) in [6.07, 6.45) is 2.98. The van der Waals surface area contributed by atoms with Crippen LogP contribution in [0.5, 0.6) is 11.5 Å². The molecule has 1 aromatic carbocycles. The summed E-state index contributed by atoms with van der Waals surface area (Å²) in [5, 5.41) is 23.0. The number of phenols is 2. The molecular formula is C14H12BrN3O3. The minimum atomic E-state index is -0.428. The molecule has 3 N–H and O–H groups in total. The van der Waals surface area contributed by atoms with Crippen LogP contribution in [-0.4, -0.2) is 26.8 Å². The van der Waals surface area contributed by atoms with Gasteiger partial charge >= 0.3 is 0 Å². The number of carbonyl (C=O) groups excluding carboxylic acids is 1. The Morgan fingerprint density at radius 1 is 1.29 bits per heavy atom. The van der Waals surface area contributed by atoms with Crippen LogP contribution in [0.3, 0.4) is 0 Å². The second-order valence-electron chi connectivity index (χ2n) is 4.23. The minimum absolute atomic E-state index is 0.000124. The molecule has 7 heteroatoms. The fraction of sp³-hybridized carbons (Fsp3) is 0.0714. The molecule has 0 aliphatic heterocycles. The molecule has 0 radical (unpaired) electrons. The van der Waals surface area contributed by atoms with Crippen LogP contribution in [0.2, 0.25) is 0 Å². The first-order valence-electron chi connectivity index (χ1n) is 5.95. The minimum Gasteiger partial charge on any atom is -0.508 e. The lowest BCUT2D eigenvalue weighted by molar-refractivity contribution is 0.0954. The van der Waals surface area contributed by atoms with E-state index in [0.29, 0.717) is 21.3 Å². The van der Waals surface area contributed by atoms with E-state index in [1.807, 2.05) is 0 Å². The van der Waals surface area contributed by atoms with Crippen molar-refractivity contribution >= 4 is 27.5 Å². The lowest BCUT2D eigenvalue weighted by Gasteiger charge is -2.05. The molecule has 0 aliphatic rings. The van der Waals surface area contributed by atoms with Crippen LogP contribution in [0.1, 0.15) is 22.8 Å². The third-order valence-electron chi connectivity index (χ3n) is 2.66. The molecule has 0 unspecified atom stereocenters. The molecule has 1 amide bonds. The molecule has 0 saturated heterocycles. The summed E-state index contributed by atoms with van der Waals surface area (Å²) in [5.74, 6) is -0.463. The largest absolute Gasteiger partial charge is 0.508 e. The van der Waals surface area contributed by atoms with Crippen LogP contribution < -0.4 is 5.43 Å². The molecule has 0 spiro atoms. The second kappa shape index (κ2) is 6.36. The molecule has 0 atom stereocenters. The highest BCUT2D eigenvalue weighted by atomic mass is 79.9. The molecule has 108 valence electrons. The van der Waals surface area contributed by atoms with Crippen molar-refractivity contribution in [2.24, 2.45) is 5.10 Å². The molecule has 2 aromatic rings. The number of pyridine rings is 1. The molecule has 0 fully saturated rings. The van der Waals surface area contributed by atoms with Gasteiger partial charge in [-0.15, -0.1) is 0 Å². The fourth-order valence-electron chi connectivity index (χ4n) is 1.61. The Bertz CT molecular complexity index is 716. The maximum Gasteiger partial charge on any atom is 0.272 e. The quantitative estimate of drug-likeness (QED) is 0.450. The number of nitrogens with one attached hydrogen (secondary N) is 1. The molecule has 1 heterocycles. The zero-order valence-electron chi connectivity index (χ0n) is 11.0. The molecule has 21 heavy (non-hydrogen) atoms. The van der Waals surface area contributed by atoms with E-state index >= 15 is 0 Å². The topological polar surface area (TPSA) is 94.8 Å². The number of halogens is 1. The van der Waals surface area contributed by atoms with Gasteiger partial charge < -0.3 is 10.2 Å². The molecule has 0 saturated carbocycles. The SMILES string of the molecule is CC(=NNC(=O)c1cncc(Br)c1)c1cc(O)ccc1O. The lowest BCUT2D eigenvalue weighted by Crippen LogP contribution is -2.19. The summed E-state index contributed by atoms with van der Waals surface area (Å²) >= 11 is 3.23. The van der Waals surface area contributed by atoms with Gasteiger partial charge in [0.1, 0.15) is 11.5 Å². The predicted octanol–water partition coefficient (Wildman–Crippen LogP) is 2.41. The van der Waals surface area contributed by atoms with Crippen molar-refractivity contribution in [3.63, 3.8) is 0 Å². The van der Waals surface area contributed by atoms with Gasteiger partial charge in [-0.3, -0.25) is 9.78 Å². The Morgan fingerprint density at radius 3 is 2.76 bits per heavy atom. The van der Waals surface area contributed by atoms with Gasteiger partial charge in [-0.2, -0.15) is 5.10 Å². The van der Waals surface area contributed by atoms with Crippen LogP contribution in [0.15, 0.2) is 46.2 Å². The average Bonchev–Trinajstić information content (AvgIpc) is 2.47. The normalized spacial score (nSPS) is 11.2. The van der Waals surface area contributed by atoms with Gasteiger partial charge in [-0.25, -0.2) is 5.43 Å². The highest BCUT2D eigenvalue weighted by molar-refractivity contribution is 9.10. The van der Waals surface area contributed by atoms with Gasteiger partial charge in [-0.05, 0) is 47.1 Å². The van der Waals surface area contributed by atoms with Gasteiger partial charge in [-0.1, -0.05) is 0 Å². The maximum atomic E-state index is 11.9. The van der Waals surface area contributed by atoms with Crippen LogP contribution in [0, 0.1) is 0 Å². The third-order valence-corrected chi connectivity index (χ3v) is 3.10. The van der Waals surface area contributed by atoms with Crippen molar-refractivity contribution in [1.82, 2.24) is 10.4 Å². The first-order valence-corrected chi connectivity index (χ1v) is 6.74. The standard InChI is InChI=1S/C14H12BrN3O3/c1-8(12-5-11(19)2-3-13(12)20)17-18-14(21)9-4-10(15)7-16-6-9/h2-7,19-20H,1H3,(H,18,21). The van der Waals surface area contributed by atoms with E-state index in [1.54, 1.807) is 19.2 Å². The first-order chi connectivity index (χ1) is 9.97. The number of hydrazone groups is 1. The van der Waals surface area contributed by atoms with E-state index in [0.717, 1.165) is 0 Å². The van der Waals surface area contributed by atoms with Crippen LogP contribution in [0.4, 0.5) is 0 Å². The third kappa shape index (κ3) is 3.79. The number of benzene rings is 1. The smallest absolute Gasteiger partial charge is 0.272 e. The van der Waals surface area contributed by atoms with Crippen molar-refractivity contribution in [2.75, 3.05) is 0 Å². The highest BCUT2D eigenvalue weighted by Gasteiger charge is 2.08. The molecule has 0 bridgehead atoms. The number of phenolic OH excluding ortho intramolecular Hbond substituents is 2. The van der Waals surface area contributed by atoms with E-state index < -0.39 is 5.91 Å². The highest BCUT2D eigenvalue weighted by Crippen LogP contribution is 2.22. The number of aromatic nitrogens is 1. The number of amides is 1. The summed E-state index contributed by atoms with van der Waals surface area (Å²) in [4.78, 5) is 15.8. The van der Waals surface area contributed by atoms with Gasteiger partial charge in [0.2, 0.25) is 0 Å². The maximum absolute atomic E-state index is 11.9. The van der Waals surface area contributed by atoms with Crippen LogP contribution in [0.25, 0.3) is 0 Å². The zero-order chi connectivity index (χ0) is 15.4. The number of carbonyl (C=O) groups is 1. The van der Waals surface area contributed by atoms with E-state index in [9.17, 15) is 15.0 Å². The van der Waals surface area contributed by atoms with Gasteiger partial charge in [0.15, 0.2) is 0 Å². The molecule has 0 aliphatic carbocycles. The monoisotopic (exact) mass is 349 g/mol. The van der Waals surface area contributed by atoms with Crippen molar-refractivity contribution < 1.29 is 15.0 Å².